The Hall–Kier alpha value is -0.670. The van der Waals surface area contributed by atoms with Crippen LogP contribution >= 0.6 is 33.9 Å². The molecule has 0 aliphatic carbocycles. The minimum absolute atomic E-state index is 0.407. The molecule has 1 rings (SSSR count). The van der Waals surface area contributed by atoms with Crippen molar-refractivity contribution in [2.45, 2.75) is 6.04 Å². The van der Waals surface area contributed by atoms with E-state index >= 15 is 0 Å². The molecular weight excluding hydrogens is 333 g/mol. The number of aliphatic hydroxyl groups is 1. The van der Waals surface area contributed by atoms with Gasteiger partial charge in [-0.2, -0.15) is 0 Å². The monoisotopic (exact) mass is 341 g/mol. The number of thiophene rings is 1. The second-order valence-electron chi connectivity index (χ2n) is 2.69. The Morgan fingerprint density at radius 1 is 1.60 bits per heavy atom. The lowest BCUT2D eigenvalue weighted by Crippen LogP contribution is -2.43. The number of halogens is 1. The van der Waals surface area contributed by atoms with Crippen molar-refractivity contribution in [1.29, 1.82) is 0 Å². The topological polar surface area (TPSA) is 86.6 Å². The third-order valence-corrected chi connectivity index (χ3v) is 3.40. The fourth-order valence-corrected chi connectivity index (χ4v) is 2.18. The van der Waals surface area contributed by atoms with Crippen molar-refractivity contribution in [3.8, 4) is 0 Å². The second kappa shape index (κ2) is 5.42. The molecular formula is C8H8INO4S. The maximum Gasteiger partial charge on any atom is 0.328 e. The molecule has 1 amide bonds. The maximum atomic E-state index is 11.4. The highest BCUT2D eigenvalue weighted by Crippen LogP contribution is 2.16. The molecule has 0 fully saturated rings. The Kier molecular flexibility index (Phi) is 4.48. The van der Waals surface area contributed by atoms with E-state index in [1.54, 1.807) is 11.4 Å². The van der Waals surface area contributed by atoms with E-state index in [2.05, 4.69) is 27.9 Å². The first-order valence-electron chi connectivity index (χ1n) is 3.93. The molecule has 0 aliphatic heterocycles. The molecule has 0 radical (unpaired) electrons. The van der Waals surface area contributed by atoms with Crippen LogP contribution in [0.25, 0.3) is 0 Å². The predicted octanol–water partition coefficient (Wildman–Crippen LogP) is 0.528. The van der Waals surface area contributed by atoms with E-state index in [0.717, 1.165) is 2.88 Å². The molecule has 0 saturated carbocycles. The van der Waals surface area contributed by atoms with Gasteiger partial charge in [0, 0.05) is 5.38 Å². The van der Waals surface area contributed by atoms with Crippen LogP contribution in [0.3, 0.4) is 0 Å². The van der Waals surface area contributed by atoms with Gasteiger partial charge in [0.25, 0.3) is 5.91 Å². The SMILES string of the molecule is O=C(N[C@@H](CO)C(=O)O)c1csc(I)c1. The summed E-state index contributed by atoms with van der Waals surface area (Å²) in [4.78, 5) is 22.0. The third kappa shape index (κ3) is 3.43. The minimum Gasteiger partial charge on any atom is -0.480 e. The quantitative estimate of drug-likeness (QED) is 0.698. The minimum atomic E-state index is -1.25. The van der Waals surface area contributed by atoms with E-state index in [4.69, 9.17) is 10.2 Å². The van der Waals surface area contributed by atoms with Gasteiger partial charge in [-0.15, -0.1) is 11.3 Å². The summed E-state index contributed by atoms with van der Waals surface area (Å²) >= 11 is 3.45. The van der Waals surface area contributed by atoms with E-state index in [1.807, 2.05) is 0 Å². The molecule has 0 bridgehead atoms. The zero-order valence-electron chi connectivity index (χ0n) is 7.44. The predicted molar refractivity (Wildman–Crippen MR) is 63.0 cm³/mol. The van der Waals surface area contributed by atoms with E-state index in [-0.39, 0.29) is 0 Å². The molecule has 0 aliphatic rings. The van der Waals surface area contributed by atoms with Crippen LogP contribution in [0.2, 0.25) is 0 Å². The van der Waals surface area contributed by atoms with Crippen molar-refractivity contribution >= 4 is 45.8 Å². The normalized spacial score (nSPS) is 12.1. The van der Waals surface area contributed by atoms with Crippen LogP contribution in [0, 0.1) is 2.88 Å². The van der Waals surface area contributed by atoms with Crippen LogP contribution in [-0.4, -0.2) is 34.7 Å². The summed E-state index contributed by atoms with van der Waals surface area (Å²) in [5.41, 5.74) is 0.407. The van der Waals surface area contributed by atoms with Gasteiger partial charge in [0.15, 0.2) is 6.04 Å². The highest BCUT2D eigenvalue weighted by atomic mass is 127. The first-order valence-corrected chi connectivity index (χ1v) is 5.89. The van der Waals surface area contributed by atoms with Crippen molar-refractivity contribution < 1.29 is 19.8 Å². The number of rotatable bonds is 4. The highest BCUT2D eigenvalue weighted by molar-refractivity contribution is 14.1. The third-order valence-electron chi connectivity index (χ3n) is 1.62. The molecule has 7 heteroatoms. The molecule has 1 aromatic rings. The number of carbonyl (C=O) groups excluding carboxylic acids is 1. The van der Waals surface area contributed by atoms with Crippen LogP contribution in [0.1, 0.15) is 10.4 Å². The molecule has 3 N–H and O–H groups in total. The summed E-state index contributed by atoms with van der Waals surface area (Å²) < 4.78 is 0.939. The second-order valence-corrected chi connectivity index (χ2v) is 5.49. The molecule has 5 nitrogen and oxygen atoms in total. The van der Waals surface area contributed by atoms with Crippen molar-refractivity contribution in [1.82, 2.24) is 5.32 Å². The lowest BCUT2D eigenvalue weighted by atomic mass is 10.2. The smallest absolute Gasteiger partial charge is 0.328 e. The van der Waals surface area contributed by atoms with Gasteiger partial charge in [0.05, 0.1) is 15.1 Å². The summed E-state index contributed by atoms with van der Waals surface area (Å²) in [6.07, 6.45) is 0. The Balaban J connectivity index is 2.66. The fraction of sp³-hybridized carbons (Fsp3) is 0.250. The molecule has 15 heavy (non-hydrogen) atoms. The number of carboxylic acids is 1. The molecule has 1 heterocycles. The molecule has 0 spiro atoms. The number of hydrogen-bond acceptors (Lipinski definition) is 4. The number of nitrogens with one attached hydrogen (secondary N) is 1. The van der Waals surface area contributed by atoms with Crippen molar-refractivity contribution in [2.75, 3.05) is 6.61 Å². The molecule has 0 unspecified atom stereocenters. The summed E-state index contributed by atoms with van der Waals surface area (Å²) in [6, 6.07) is 0.395. The van der Waals surface area contributed by atoms with Crippen LogP contribution in [-0.2, 0) is 4.79 Å². The van der Waals surface area contributed by atoms with Gasteiger partial charge in [-0.3, -0.25) is 4.79 Å². The van der Waals surface area contributed by atoms with Crippen molar-refractivity contribution in [3.63, 3.8) is 0 Å². The Labute approximate surface area is 103 Å². The van der Waals surface area contributed by atoms with Gasteiger partial charge >= 0.3 is 5.97 Å². The van der Waals surface area contributed by atoms with Gasteiger partial charge in [0.1, 0.15) is 0 Å². The van der Waals surface area contributed by atoms with Gasteiger partial charge in [0.2, 0.25) is 0 Å². The first-order chi connectivity index (χ1) is 7.04. The summed E-state index contributed by atoms with van der Waals surface area (Å²) in [5, 5.41) is 21.1. The average Bonchev–Trinajstić information content (AvgIpc) is 2.60. The van der Waals surface area contributed by atoms with Crippen LogP contribution < -0.4 is 5.32 Å². The largest absolute Gasteiger partial charge is 0.480 e. The Morgan fingerprint density at radius 3 is 2.67 bits per heavy atom. The highest BCUT2D eigenvalue weighted by Gasteiger charge is 2.19. The molecule has 0 aromatic carbocycles. The van der Waals surface area contributed by atoms with Crippen LogP contribution in [0.4, 0.5) is 0 Å². The number of amides is 1. The molecule has 82 valence electrons. The van der Waals surface area contributed by atoms with E-state index in [1.165, 1.54) is 11.3 Å². The number of aliphatic hydroxyl groups excluding tert-OH is 1. The zero-order chi connectivity index (χ0) is 11.4. The van der Waals surface area contributed by atoms with E-state index < -0.39 is 24.5 Å². The molecule has 1 aromatic heterocycles. The van der Waals surface area contributed by atoms with Gasteiger partial charge in [-0.05, 0) is 28.7 Å². The number of carbonyl (C=O) groups is 2. The standard InChI is InChI=1S/C8H8INO4S/c9-6-1-4(3-15-6)7(12)10-5(2-11)8(13)14/h1,3,5,11H,2H2,(H,10,12)(H,13,14)/t5-/m0/s1. The number of aliphatic carboxylic acids is 1. The number of hydrogen-bond donors (Lipinski definition) is 3. The summed E-state index contributed by atoms with van der Waals surface area (Å²) in [6.45, 7) is -0.623. The van der Waals surface area contributed by atoms with Crippen molar-refractivity contribution in [2.24, 2.45) is 0 Å². The fourth-order valence-electron chi connectivity index (χ4n) is 0.856. The lowest BCUT2D eigenvalue weighted by molar-refractivity contribution is -0.140. The Bertz CT molecular complexity index is 378. The average molecular weight is 341 g/mol. The molecule has 0 saturated heterocycles. The summed E-state index contributed by atoms with van der Waals surface area (Å²) in [5.74, 6) is -1.74. The van der Waals surface area contributed by atoms with Crippen molar-refractivity contribution in [3.05, 3.63) is 19.9 Å². The van der Waals surface area contributed by atoms with E-state index in [0.29, 0.717) is 5.56 Å². The van der Waals surface area contributed by atoms with Crippen LogP contribution in [0.15, 0.2) is 11.4 Å². The number of carboxylic acid groups (broad SMARTS) is 1. The van der Waals surface area contributed by atoms with Gasteiger partial charge < -0.3 is 15.5 Å². The van der Waals surface area contributed by atoms with Gasteiger partial charge in [-0.25, -0.2) is 4.79 Å². The summed E-state index contributed by atoms with van der Waals surface area (Å²) in [7, 11) is 0. The zero-order valence-corrected chi connectivity index (χ0v) is 10.4. The first kappa shape index (κ1) is 12.4. The van der Waals surface area contributed by atoms with E-state index in [9.17, 15) is 9.59 Å². The Morgan fingerprint density at radius 2 is 2.27 bits per heavy atom. The van der Waals surface area contributed by atoms with Crippen LogP contribution in [0.5, 0.6) is 0 Å². The lowest BCUT2D eigenvalue weighted by Gasteiger charge is -2.10. The van der Waals surface area contributed by atoms with Gasteiger partial charge in [-0.1, -0.05) is 0 Å². The molecule has 1 atom stereocenters. The maximum absolute atomic E-state index is 11.4.